The van der Waals surface area contributed by atoms with Crippen LogP contribution in [0, 0.1) is 6.92 Å². The van der Waals surface area contributed by atoms with Gasteiger partial charge in [-0.1, -0.05) is 11.6 Å². The highest BCUT2D eigenvalue weighted by Gasteiger charge is 2.32. The van der Waals surface area contributed by atoms with Crippen LogP contribution < -0.4 is 5.32 Å². The SMILES string of the molecule is Cc1nc(CNC(=O)N(CCO)C2CC2)oc1-c1ccc(Cl)cc1. The van der Waals surface area contributed by atoms with Crippen molar-refractivity contribution in [2.75, 3.05) is 13.2 Å². The molecule has 2 amide bonds. The lowest BCUT2D eigenvalue weighted by molar-refractivity contribution is 0.172. The van der Waals surface area contributed by atoms with Gasteiger partial charge < -0.3 is 19.7 Å². The Bertz CT molecular complexity index is 710. The van der Waals surface area contributed by atoms with Gasteiger partial charge in [0, 0.05) is 23.2 Å². The number of aliphatic hydroxyl groups excluding tert-OH is 1. The maximum absolute atomic E-state index is 12.2. The number of carbonyl (C=O) groups excluding carboxylic acids is 1. The van der Waals surface area contributed by atoms with E-state index in [1.807, 2.05) is 19.1 Å². The molecule has 0 radical (unpaired) electrons. The van der Waals surface area contributed by atoms with Crippen molar-refractivity contribution in [2.24, 2.45) is 0 Å². The standard InChI is InChI=1S/C17H20ClN3O3/c1-11-16(12-2-4-13(18)5-3-12)24-15(20-11)10-19-17(23)21(8-9-22)14-6-7-14/h2-5,14,22H,6-10H2,1H3,(H,19,23). The molecule has 1 aliphatic rings. The van der Waals surface area contributed by atoms with Crippen molar-refractivity contribution in [3.8, 4) is 11.3 Å². The van der Waals surface area contributed by atoms with Crippen LogP contribution in [-0.2, 0) is 6.54 Å². The molecule has 3 rings (SSSR count). The van der Waals surface area contributed by atoms with Crippen molar-refractivity contribution in [2.45, 2.75) is 32.4 Å². The van der Waals surface area contributed by atoms with Gasteiger partial charge in [-0.15, -0.1) is 0 Å². The highest BCUT2D eigenvalue weighted by atomic mass is 35.5. The Labute approximate surface area is 145 Å². The molecule has 1 fully saturated rings. The summed E-state index contributed by atoms with van der Waals surface area (Å²) in [6, 6.07) is 7.37. The Hall–Kier alpha value is -2.05. The third-order valence-electron chi connectivity index (χ3n) is 3.93. The number of aryl methyl sites for hydroxylation is 1. The van der Waals surface area contributed by atoms with E-state index < -0.39 is 0 Å². The molecule has 1 heterocycles. The van der Waals surface area contributed by atoms with Crippen molar-refractivity contribution in [1.82, 2.24) is 15.2 Å². The monoisotopic (exact) mass is 349 g/mol. The summed E-state index contributed by atoms with van der Waals surface area (Å²) >= 11 is 5.90. The Morgan fingerprint density at radius 2 is 2.12 bits per heavy atom. The number of rotatable bonds is 6. The van der Waals surface area contributed by atoms with Gasteiger partial charge in [0.05, 0.1) is 18.8 Å². The fourth-order valence-electron chi connectivity index (χ4n) is 2.59. The van der Waals surface area contributed by atoms with E-state index in [1.54, 1.807) is 17.0 Å². The van der Waals surface area contributed by atoms with Gasteiger partial charge in [-0.3, -0.25) is 0 Å². The smallest absolute Gasteiger partial charge is 0.318 e. The first-order chi connectivity index (χ1) is 11.6. The van der Waals surface area contributed by atoms with E-state index in [2.05, 4.69) is 10.3 Å². The van der Waals surface area contributed by atoms with Gasteiger partial charge in [0.15, 0.2) is 5.76 Å². The molecule has 128 valence electrons. The number of oxazole rings is 1. The zero-order chi connectivity index (χ0) is 17.1. The Morgan fingerprint density at radius 1 is 1.42 bits per heavy atom. The van der Waals surface area contributed by atoms with Gasteiger partial charge in [-0.05, 0) is 44.0 Å². The molecule has 2 N–H and O–H groups in total. The van der Waals surface area contributed by atoms with Crippen LogP contribution in [-0.4, -0.2) is 40.2 Å². The molecule has 0 unspecified atom stereocenters. The lowest BCUT2D eigenvalue weighted by Gasteiger charge is -2.21. The Kier molecular flexibility index (Phi) is 5.06. The van der Waals surface area contributed by atoms with Crippen LogP contribution >= 0.6 is 11.6 Å². The zero-order valence-corrected chi connectivity index (χ0v) is 14.2. The van der Waals surface area contributed by atoms with Crippen LogP contribution in [0.25, 0.3) is 11.3 Å². The Balaban J connectivity index is 1.64. The molecule has 24 heavy (non-hydrogen) atoms. The number of aromatic nitrogens is 1. The lowest BCUT2D eigenvalue weighted by atomic mass is 10.1. The van der Waals surface area contributed by atoms with E-state index in [0.717, 1.165) is 24.1 Å². The number of urea groups is 1. The average Bonchev–Trinajstić information content (AvgIpc) is 3.34. The number of hydrogen-bond acceptors (Lipinski definition) is 4. The van der Waals surface area contributed by atoms with Crippen molar-refractivity contribution < 1.29 is 14.3 Å². The number of aliphatic hydroxyl groups is 1. The minimum absolute atomic E-state index is 0.0389. The van der Waals surface area contributed by atoms with Crippen LogP contribution in [0.2, 0.25) is 5.02 Å². The van der Waals surface area contributed by atoms with Gasteiger partial charge in [0.1, 0.15) is 0 Å². The first-order valence-corrected chi connectivity index (χ1v) is 8.34. The summed E-state index contributed by atoms with van der Waals surface area (Å²) in [6.07, 6.45) is 1.98. The van der Waals surface area contributed by atoms with Crippen LogP contribution in [0.5, 0.6) is 0 Å². The molecule has 6 nitrogen and oxygen atoms in total. The predicted octanol–water partition coefficient (Wildman–Crippen LogP) is 2.97. The quantitative estimate of drug-likeness (QED) is 0.840. The van der Waals surface area contributed by atoms with Crippen molar-refractivity contribution >= 4 is 17.6 Å². The number of nitrogens with one attached hydrogen (secondary N) is 1. The van der Waals surface area contributed by atoms with Gasteiger partial charge in [-0.2, -0.15) is 0 Å². The first kappa shape index (κ1) is 16.8. The topological polar surface area (TPSA) is 78.6 Å². The third-order valence-corrected chi connectivity index (χ3v) is 4.18. The molecule has 0 saturated heterocycles. The Morgan fingerprint density at radius 3 is 2.75 bits per heavy atom. The minimum Gasteiger partial charge on any atom is -0.438 e. The maximum Gasteiger partial charge on any atom is 0.318 e. The maximum atomic E-state index is 12.2. The number of amides is 2. The van der Waals surface area contributed by atoms with Gasteiger partial charge in [-0.25, -0.2) is 9.78 Å². The molecule has 0 atom stereocenters. The largest absolute Gasteiger partial charge is 0.438 e. The normalized spacial score (nSPS) is 13.8. The van der Waals surface area contributed by atoms with E-state index in [0.29, 0.717) is 23.2 Å². The van der Waals surface area contributed by atoms with Crippen LogP contribution in [0.4, 0.5) is 4.79 Å². The molecular weight excluding hydrogens is 330 g/mol. The molecule has 1 aromatic carbocycles. The predicted molar refractivity (Wildman–Crippen MR) is 90.7 cm³/mol. The zero-order valence-electron chi connectivity index (χ0n) is 13.5. The summed E-state index contributed by atoms with van der Waals surface area (Å²) in [6.45, 7) is 2.38. The molecule has 0 spiro atoms. The lowest BCUT2D eigenvalue weighted by Crippen LogP contribution is -2.42. The van der Waals surface area contributed by atoms with Crippen molar-refractivity contribution in [1.29, 1.82) is 0 Å². The van der Waals surface area contributed by atoms with E-state index in [-0.39, 0.29) is 25.2 Å². The summed E-state index contributed by atoms with van der Waals surface area (Å²) in [7, 11) is 0. The molecule has 2 aromatic rings. The average molecular weight is 350 g/mol. The molecule has 0 bridgehead atoms. The van der Waals surface area contributed by atoms with Gasteiger partial charge in [0.25, 0.3) is 0 Å². The number of nitrogens with zero attached hydrogens (tertiary/aromatic N) is 2. The second-order valence-corrected chi connectivity index (χ2v) is 6.27. The summed E-state index contributed by atoms with van der Waals surface area (Å²) in [5.41, 5.74) is 1.65. The summed E-state index contributed by atoms with van der Waals surface area (Å²) in [4.78, 5) is 18.2. The van der Waals surface area contributed by atoms with Crippen LogP contribution in [0.15, 0.2) is 28.7 Å². The van der Waals surface area contributed by atoms with Crippen molar-refractivity contribution in [3.63, 3.8) is 0 Å². The third kappa shape index (κ3) is 3.88. The number of benzene rings is 1. The fourth-order valence-corrected chi connectivity index (χ4v) is 2.72. The molecular formula is C17H20ClN3O3. The van der Waals surface area contributed by atoms with Crippen molar-refractivity contribution in [3.05, 3.63) is 40.9 Å². The minimum atomic E-state index is -0.199. The van der Waals surface area contributed by atoms with Gasteiger partial charge in [0.2, 0.25) is 5.89 Å². The van der Waals surface area contributed by atoms with Gasteiger partial charge >= 0.3 is 6.03 Å². The highest BCUT2D eigenvalue weighted by Crippen LogP contribution is 2.27. The summed E-state index contributed by atoms with van der Waals surface area (Å²) in [5.74, 6) is 1.12. The van der Waals surface area contributed by atoms with E-state index in [9.17, 15) is 4.79 Å². The fraction of sp³-hybridized carbons (Fsp3) is 0.412. The molecule has 1 aromatic heterocycles. The summed E-state index contributed by atoms with van der Waals surface area (Å²) in [5, 5.41) is 12.5. The number of hydrogen-bond donors (Lipinski definition) is 2. The van der Waals surface area contributed by atoms with E-state index >= 15 is 0 Å². The highest BCUT2D eigenvalue weighted by molar-refractivity contribution is 6.30. The van der Waals surface area contributed by atoms with E-state index in [4.69, 9.17) is 21.1 Å². The molecule has 7 heteroatoms. The van der Waals surface area contributed by atoms with Crippen LogP contribution in [0.3, 0.4) is 0 Å². The second kappa shape index (κ2) is 7.23. The van der Waals surface area contributed by atoms with Crippen LogP contribution in [0.1, 0.15) is 24.4 Å². The number of halogens is 1. The van der Waals surface area contributed by atoms with E-state index in [1.165, 1.54) is 0 Å². The first-order valence-electron chi connectivity index (χ1n) is 7.96. The second-order valence-electron chi connectivity index (χ2n) is 5.84. The number of carbonyl (C=O) groups is 1. The molecule has 1 saturated carbocycles. The molecule has 1 aliphatic carbocycles. The summed E-state index contributed by atoms with van der Waals surface area (Å²) < 4.78 is 5.77. The molecule has 0 aliphatic heterocycles.